The summed E-state index contributed by atoms with van der Waals surface area (Å²) in [6, 6.07) is 11.6. The van der Waals surface area contributed by atoms with Crippen LogP contribution in [-0.4, -0.2) is 100 Å². The average Bonchev–Trinajstić information content (AvgIpc) is 3.66. The molecule has 3 aliphatic heterocycles. The molecule has 6 rings (SSSR count). The number of aliphatic hydroxyl groups excluding tert-OH is 3. The Kier molecular flexibility index (Phi) is 9.93. The zero-order valence-electron chi connectivity index (χ0n) is 27.5. The molecule has 0 saturated carbocycles. The molecule has 258 valence electrons. The topological polar surface area (TPSA) is 160 Å². The fraction of sp³-hybridized carbons (Fsp3) is 0.500. The molecule has 2 bridgehead atoms. The van der Waals surface area contributed by atoms with Gasteiger partial charge in [-0.1, -0.05) is 24.8 Å². The number of carbonyl (C=O) groups is 2. The van der Waals surface area contributed by atoms with Gasteiger partial charge in [0, 0.05) is 47.4 Å². The standard InChI is InChI=1S/C36H44N2O10/c1-5-15-46-34(43)32-30(40)29(39)31(41)35(47-32)48-33(42)21-7-9-22(10-8-21)36-13-11-23(17-24(18-36)45-6-2)38(36)19-26-25-12-14-37-28(25)20(3)16-27(26)44-4/h5,7-10,12,14,16,23-24,29-32,35,37,39-41H,1,6,11,13,15,17-19H2,2-4H3/t23-,24+,29+,30+,31-,32+,35?,36?/m1/s1. The second kappa shape index (κ2) is 14.0. The van der Waals surface area contributed by atoms with Crippen molar-refractivity contribution in [2.75, 3.05) is 20.3 Å². The molecule has 2 unspecified atom stereocenters. The number of benzene rings is 2. The van der Waals surface area contributed by atoms with E-state index in [1.807, 2.05) is 25.3 Å². The Morgan fingerprint density at radius 3 is 2.62 bits per heavy atom. The quantitative estimate of drug-likeness (QED) is 0.176. The summed E-state index contributed by atoms with van der Waals surface area (Å²) in [7, 11) is 1.70. The van der Waals surface area contributed by atoms with Crippen LogP contribution in [0.4, 0.5) is 0 Å². The number of aliphatic hydroxyl groups is 3. The summed E-state index contributed by atoms with van der Waals surface area (Å²) in [6.07, 6.45) is -1.78. The predicted molar refractivity (Wildman–Crippen MR) is 174 cm³/mol. The predicted octanol–water partition coefficient (Wildman–Crippen LogP) is 3.24. The van der Waals surface area contributed by atoms with Gasteiger partial charge in [0.25, 0.3) is 0 Å². The maximum atomic E-state index is 13.2. The third kappa shape index (κ3) is 6.13. The van der Waals surface area contributed by atoms with Crippen molar-refractivity contribution in [2.45, 2.75) is 94.5 Å². The number of aromatic amines is 1. The lowest BCUT2D eigenvalue weighted by atomic mass is 9.79. The van der Waals surface area contributed by atoms with E-state index in [2.05, 4.69) is 35.5 Å². The van der Waals surface area contributed by atoms with Crippen molar-refractivity contribution < 1.29 is 48.6 Å². The van der Waals surface area contributed by atoms with E-state index in [0.717, 1.165) is 59.0 Å². The molecule has 0 radical (unpaired) electrons. The fourth-order valence-electron chi connectivity index (χ4n) is 7.76. The van der Waals surface area contributed by atoms with E-state index in [0.29, 0.717) is 13.2 Å². The van der Waals surface area contributed by atoms with Crippen LogP contribution >= 0.6 is 0 Å². The van der Waals surface area contributed by atoms with Gasteiger partial charge in [0.1, 0.15) is 30.7 Å². The van der Waals surface area contributed by atoms with Crippen molar-refractivity contribution in [2.24, 2.45) is 0 Å². The maximum absolute atomic E-state index is 13.2. The zero-order valence-corrected chi connectivity index (χ0v) is 27.5. The number of nitrogens with one attached hydrogen (secondary N) is 1. The Hall–Kier alpha value is -3.78. The van der Waals surface area contributed by atoms with Gasteiger partial charge in [-0.15, -0.1) is 0 Å². The lowest BCUT2D eigenvalue weighted by Crippen LogP contribution is -2.60. The Labute approximate surface area is 279 Å². The number of methoxy groups -OCH3 is 1. The number of hydrogen-bond acceptors (Lipinski definition) is 11. The molecule has 0 spiro atoms. The average molecular weight is 665 g/mol. The van der Waals surface area contributed by atoms with Crippen LogP contribution in [0, 0.1) is 6.92 Å². The zero-order chi connectivity index (χ0) is 34.2. The third-order valence-electron chi connectivity index (χ3n) is 10.1. The lowest BCUT2D eigenvalue weighted by Gasteiger charge is -2.48. The first-order chi connectivity index (χ1) is 23.1. The van der Waals surface area contributed by atoms with Crippen molar-refractivity contribution in [1.82, 2.24) is 9.88 Å². The summed E-state index contributed by atoms with van der Waals surface area (Å²) in [6.45, 7) is 8.69. The van der Waals surface area contributed by atoms with E-state index < -0.39 is 42.6 Å². The summed E-state index contributed by atoms with van der Waals surface area (Å²) in [4.78, 5) is 31.6. The summed E-state index contributed by atoms with van der Waals surface area (Å²) in [5, 5.41) is 32.2. The second-order valence-electron chi connectivity index (χ2n) is 12.8. The van der Waals surface area contributed by atoms with Crippen molar-refractivity contribution in [3.63, 3.8) is 0 Å². The number of rotatable bonds is 11. The number of fused-ring (bicyclic) bond motifs is 3. The molecule has 1 aromatic heterocycles. The number of hydrogen-bond donors (Lipinski definition) is 4. The SMILES string of the molecule is C=CCOC(=O)[C@H]1OC(OC(=O)c2ccc(C34CC[C@H](C[C@H](OCC)C3)N4Cc3c(OC)cc(C)c4[nH]ccc34)cc2)[C@H](O)[C@@H](O)[C@@H]1O. The van der Waals surface area contributed by atoms with Gasteiger partial charge >= 0.3 is 11.9 Å². The molecule has 3 fully saturated rings. The first kappa shape index (κ1) is 34.1. The lowest BCUT2D eigenvalue weighted by molar-refractivity contribution is -0.279. The van der Waals surface area contributed by atoms with E-state index >= 15 is 0 Å². The molecule has 4 N–H and O–H groups in total. The fourth-order valence-corrected chi connectivity index (χ4v) is 7.76. The Balaban J connectivity index is 1.25. The van der Waals surface area contributed by atoms with Crippen LogP contribution in [0.15, 0.2) is 55.3 Å². The summed E-state index contributed by atoms with van der Waals surface area (Å²) >= 11 is 0. The molecule has 3 aromatic rings. The summed E-state index contributed by atoms with van der Waals surface area (Å²) in [5.41, 5.74) is 4.20. The minimum absolute atomic E-state index is 0.0911. The van der Waals surface area contributed by atoms with E-state index in [-0.39, 0.29) is 29.9 Å². The van der Waals surface area contributed by atoms with E-state index in [9.17, 15) is 24.9 Å². The highest BCUT2D eigenvalue weighted by Crippen LogP contribution is 2.53. The van der Waals surface area contributed by atoms with Crippen LogP contribution in [0.2, 0.25) is 0 Å². The summed E-state index contributed by atoms with van der Waals surface area (Å²) in [5.74, 6) is -0.975. The van der Waals surface area contributed by atoms with Gasteiger partial charge < -0.3 is 44.0 Å². The second-order valence-corrected chi connectivity index (χ2v) is 12.8. The summed E-state index contributed by atoms with van der Waals surface area (Å²) < 4.78 is 27.8. The van der Waals surface area contributed by atoms with Gasteiger partial charge in [-0.2, -0.15) is 0 Å². The number of aromatic nitrogens is 1. The molecule has 0 aliphatic carbocycles. The first-order valence-corrected chi connectivity index (χ1v) is 16.4. The minimum Gasteiger partial charge on any atom is -0.496 e. The van der Waals surface area contributed by atoms with Crippen LogP contribution in [0.25, 0.3) is 10.9 Å². The van der Waals surface area contributed by atoms with E-state index in [1.165, 1.54) is 6.08 Å². The van der Waals surface area contributed by atoms with Crippen LogP contribution < -0.4 is 4.74 Å². The van der Waals surface area contributed by atoms with Crippen molar-refractivity contribution in [3.05, 3.63) is 77.5 Å². The molecule has 4 heterocycles. The van der Waals surface area contributed by atoms with Crippen molar-refractivity contribution in [1.29, 1.82) is 0 Å². The van der Waals surface area contributed by atoms with Gasteiger partial charge in [-0.25, -0.2) is 9.59 Å². The molecule has 48 heavy (non-hydrogen) atoms. The molecular formula is C36H44N2O10. The number of aryl methyl sites for hydroxylation is 1. The molecule has 8 atom stereocenters. The molecule has 2 aromatic carbocycles. The van der Waals surface area contributed by atoms with Gasteiger partial charge in [-0.05, 0) is 74.9 Å². The first-order valence-electron chi connectivity index (χ1n) is 16.4. The normalized spacial score (nSPS) is 30.2. The highest BCUT2D eigenvalue weighted by molar-refractivity contribution is 5.90. The smallest absolute Gasteiger partial charge is 0.340 e. The Morgan fingerprint density at radius 2 is 1.92 bits per heavy atom. The monoisotopic (exact) mass is 664 g/mol. The van der Waals surface area contributed by atoms with Gasteiger partial charge in [0.15, 0.2) is 6.10 Å². The van der Waals surface area contributed by atoms with Gasteiger partial charge in [-0.3, -0.25) is 4.90 Å². The van der Waals surface area contributed by atoms with Gasteiger partial charge in [0.2, 0.25) is 6.29 Å². The minimum atomic E-state index is -1.81. The van der Waals surface area contributed by atoms with Crippen molar-refractivity contribution >= 4 is 22.8 Å². The molecule has 12 heteroatoms. The number of nitrogens with zero attached hydrogens (tertiary/aromatic N) is 1. The van der Waals surface area contributed by atoms with Crippen LogP contribution in [0.3, 0.4) is 0 Å². The number of carbonyl (C=O) groups excluding carboxylic acids is 2. The van der Waals surface area contributed by atoms with E-state index in [1.54, 1.807) is 19.2 Å². The molecule has 3 aliphatic rings. The van der Waals surface area contributed by atoms with Crippen molar-refractivity contribution in [3.8, 4) is 5.75 Å². The number of H-pyrrole nitrogens is 1. The Morgan fingerprint density at radius 1 is 1.15 bits per heavy atom. The van der Waals surface area contributed by atoms with Crippen LogP contribution in [-0.2, 0) is 35.8 Å². The molecular weight excluding hydrogens is 620 g/mol. The molecule has 12 nitrogen and oxygen atoms in total. The molecule has 0 amide bonds. The Bertz CT molecular complexity index is 1640. The molecule has 3 saturated heterocycles. The highest BCUT2D eigenvalue weighted by atomic mass is 16.7. The van der Waals surface area contributed by atoms with E-state index in [4.69, 9.17) is 23.7 Å². The van der Waals surface area contributed by atoms with Gasteiger partial charge in [0.05, 0.1) is 18.8 Å². The maximum Gasteiger partial charge on any atom is 0.340 e. The van der Waals surface area contributed by atoms with Crippen LogP contribution in [0.1, 0.15) is 59.7 Å². The number of ether oxygens (including phenoxy) is 5. The third-order valence-corrected chi connectivity index (χ3v) is 10.1. The number of piperidine rings is 1. The van der Waals surface area contributed by atoms with Crippen LogP contribution in [0.5, 0.6) is 5.75 Å². The largest absolute Gasteiger partial charge is 0.496 e. The highest BCUT2D eigenvalue weighted by Gasteiger charge is 2.53. The number of esters is 2.